The number of hydrogen-bond acceptors (Lipinski definition) is 2. The predicted molar refractivity (Wildman–Crippen MR) is 72.5 cm³/mol. The molecule has 1 aromatic rings. The summed E-state index contributed by atoms with van der Waals surface area (Å²) >= 11 is 6.14. The Labute approximate surface area is 117 Å². The lowest BCUT2D eigenvalue weighted by atomic mass is 9.97. The summed E-state index contributed by atoms with van der Waals surface area (Å²) in [6.07, 6.45) is 1.34. The standard InChI is InChI=1S/C14H16ClNO3/c1-9-4-2-6-11(12(9)15)13(17)16-7-3-5-10(8-16)14(18)19/h2,4,6,10H,3,5,7-8H2,1H3,(H,18,19)/t10-/m1/s1. The van der Waals surface area contributed by atoms with Crippen LogP contribution in [0.1, 0.15) is 28.8 Å². The van der Waals surface area contributed by atoms with E-state index in [-0.39, 0.29) is 12.5 Å². The zero-order valence-electron chi connectivity index (χ0n) is 10.7. The second kappa shape index (κ2) is 5.61. The maximum absolute atomic E-state index is 12.4. The first-order chi connectivity index (χ1) is 9.00. The largest absolute Gasteiger partial charge is 0.481 e. The zero-order valence-corrected chi connectivity index (χ0v) is 11.5. The van der Waals surface area contributed by atoms with E-state index in [1.165, 1.54) is 0 Å². The average molecular weight is 282 g/mol. The molecule has 0 radical (unpaired) electrons. The van der Waals surface area contributed by atoms with Crippen LogP contribution in [0.15, 0.2) is 18.2 Å². The molecule has 1 aliphatic rings. The van der Waals surface area contributed by atoms with Crippen LogP contribution >= 0.6 is 11.6 Å². The number of amides is 1. The second-order valence-corrected chi connectivity index (χ2v) is 5.24. The fourth-order valence-electron chi connectivity index (χ4n) is 2.35. The van der Waals surface area contributed by atoms with Gasteiger partial charge in [0.25, 0.3) is 5.91 Å². The maximum atomic E-state index is 12.4. The lowest BCUT2D eigenvalue weighted by Crippen LogP contribution is -2.42. The van der Waals surface area contributed by atoms with Gasteiger partial charge in [0.2, 0.25) is 0 Å². The highest BCUT2D eigenvalue weighted by atomic mass is 35.5. The number of likely N-dealkylation sites (tertiary alicyclic amines) is 1. The van der Waals surface area contributed by atoms with Crippen LogP contribution in [0.2, 0.25) is 5.02 Å². The van der Waals surface area contributed by atoms with Crippen molar-refractivity contribution >= 4 is 23.5 Å². The van der Waals surface area contributed by atoms with Crippen LogP contribution in [0, 0.1) is 12.8 Å². The molecule has 1 aliphatic heterocycles. The van der Waals surface area contributed by atoms with E-state index in [1.807, 2.05) is 13.0 Å². The maximum Gasteiger partial charge on any atom is 0.308 e. The fraction of sp³-hybridized carbons (Fsp3) is 0.429. The van der Waals surface area contributed by atoms with E-state index in [9.17, 15) is 9.59 Å². The predicted octanol–water partition coefficient (Wildman–Crippen LogP) is 2.59. The molecular formula is C14H16ClNO3. The van der Waals surface area contributed by atoms with Crippen molar-refractivity contribution in [2.24, 2.45) is 5.92 Å². The molecule has 1 amide bonds. The van der Waals surface area contributed by atoms with Crippen LogP contribution in [0.3, 0.4) is 0 Å². The van der Waals surface area contributed by atoms with Gasteiger partial charge in [-0.1, -0.05) is 23.7 Å². The molecule has 1 heterocycles. The molecule has 0 aromatic heterocycles. The van der Waals surface area contributed by atoms with Gasteiger partial charge in [0.15, 0.2) is 0 Å². The third-order valence-corrected chi connectivity index (χ3v) is 3.98. The molecule has 4 nitrogen and oxygen atoms in total. The SMILES string of the molecule is Cc1cccc(C(=O)N2CCC[C@@H](C(=O)O)C2)c1Cl. The Balaban J connectivity index is 2.19. The Hall–Kier alpha value is -1.55. The molecular weight excluding hydrogens is 266 g/mol. The summed E-state index contributed by atoms with van der Waals surface area (Å²) in [5.74, 6) is -1.49. The Bertz CT molecular complexity index is 515. The normalized spacial score (nSPS) is 19.3. The van der Waals surface area contributed by atoms with Crippen molar-refractivity contribution in [3.05, 3.63) is 34.3 Å². The third-order valence-electron chi connectivity index (χ3n) is 3.48. The van der Waals surface area contributed by atoms with Crippen molar-refractivity contribution in [3.63, 3.8) is 0 Å². The van der Waals surface area contributed by atoms with Gasteiger partial charge in [0.05, 0.1) is 16.5 Å². The quantitative estimate of drug-likeness (QED) is 0.906. The number of benzene rings is 1. The van der Waals surface area contributed by atoms with E-state index in [0.717, 1.165) is 5.56 Å². The van der Waals surface area contributed by atoms with Gasteiger partial charge in [-0.05, 0) is 31.4 Å². The molecule has 102 valence electrons. The number of hydrogen-bond donors (Lipinski definition) is 1. The molecule has 1 saturated heterocycles. The average Bonchev–Trinajstić information content (AvgIpc) is 2.41. The number of carboxylic acids is 1. The van der Waals surface area contributed by atoms with Crippen molar-refractivity contribution < 1.29 is 14.7 Å². The lowest BCUT2D eigenvalue weighted by Gasteiger charge is -2.31. The summed E-state index contributed by atoms with van der Waals surface area (Å²) in [7, 11) is 0. The van der Waals surface area contributed by atoms with E-state index in [1.54, 1.807) is 17.0 Å². The molecule has 0 bridgehead atoms. The number of carboxylic acid groups (broad SMARTS) is 1. The van der Waals surface area contributed by atoms with Gasteiger partial charge in [-0.25, -0.2) is 0 Å². The number of nitrogens with zero attached hydrogens (tertiary/aromatic N) is 1. The molecule has 0 saturated carbocycles. The molecule has 1 N–H and O–H groups in total. The number of carbonyl (C=O) groups excluding carboxylic acids is 1. The van der Waals surface area contributed by atoms with E-state index in [2.05, 4.69) is 0 Å². The summed E-state index contributed by atoms with van der Waals surface area (Å²) in [4.78, 5) is 25.0. The molecule has 19 heavy (non-hydrogen) atoms. The van der Waals surface area contributed by atoms with Gasteiger partial charge in [-0.3, -0.25) is 9.59 Å². The highest BCUT2D eigenvalue weighted by Gasteiger charge is 2.29. The molecule has 1 atom stereocenters. The molecule has 0 spiro atoms. The Kier molecular flexibility index (Phi) is 4.10. The summed E-state index contributed by atoms with van der Waals surface area (Å²) < 4.78 is 0. The van der Waals surface area contributed by atoms with Crippen LogP contribution in [0.5, 0.6) is 0 Å². The highest BCUT2D eigenvalue weighted by Crippen LogP contribution is 2.24. The Morgan fingerprint density at radius 2 is 2.16 bits per heavy atom. The van der Waals surface area contributed by atoms with Crippen LogP contribution in [0.4, 0.5) is 0 Å². The molecule has 5 heteroatoms. The molecule has 2 rings (SSSR count). The summed E-state index contributed by atoms with van der Waals surface area (Å²) in [5, 5.41) is 9.49. The number of aryl methyl sites for hydroxylation is 1. The number of rotatable bonds is 2. The van der Waals surface area contributed by atoms with Crippen molar-refractivity contribution in [3.8, 4) is 0 Å². The summed E-state index contributed by atoms with van der Waals surface area (Å²) in [5.41, 5.74) is 1.30. The Morgan fingerprint density at radius 1 is 1.42 bits per heavy atom. The summed E-state index contributed by atoms with van der Waals surface area (Å²) in [6, 6.07) is 5.31. The van der Waals surface area contributed by atoms with E-state index < -0.39 is 11.9 Å². The minimum absolute atomic E-state index is 0.181. The van der Waals surface area contributed by atoms with Crippen LogP contribution in [-0.4, -0.2) is 35.0 Å². The monoisotopic (exact) mass is 281 g/mol. The zero-order chi connectivity index (χ0) is 14.0. The van der Waals surface area contributed by atoms with Gasteiger partial charge in [0, 0.05) is 13.1 Å². The first-order valence-corrected chi connectivity index (χ1v) is 6.65. The van der Waals surface area contributed by atoms with Crippen LogP contribution in [-0.2, 0) is 4.79 Å². The van der Waals surface area contributed by atoms with Crippen LogP contribution in [0.25, 0.3) is 0 Å². The van der Waals surface area contributed by atoms with E-state index in [0.29, 0.717) is 30.0 Å². The topological polar surface area (TPSA) is 57.6 Å². The first kappa shape index (κ1) is 13.9. The van der Waals surface area contributed by atoms with Crippen molar-refractivity contribution in [1.82, 2.24) is 4.90 Å². The van der Waals surface area contributed by atoms with Crippen molar-refractivity contribution in [1.29, 1.82) is 0 Å². The lowest BCUT2D eigenvalue weighted by molar-refractivity contribution is -0.143. The highest BCUT2D eigenvalue weighted by molar-refractivity contribution is 6.34. The van der Waals surface area contributed by atoms with Gasteiger partial charge >= 0.3 is 5.97 Å². The van der Waals surface area contributed by atoms with Crippen LogP contribution < -0.4 is 0 Å². The molecule has 1 aromatic carbocycles. The number of aliphatic carboxylic acids is 1. The minimum atomic E-state index is -0.840. The second-order valence-electron chi connectivity index (χ2n) is 4.87. The molecule has 0 aliphatic carbocycles. The summed E-state index contributed by atoms with van der Waals surface area (Å²) in [6.45, 7) is 2.70. The van der Waals surface area contributed by atoms with E-state index in [4.69, 9.17) is 16.7 Å². The smallest absolute Gasteiger partial charge is 0.308 e. The third kappa shape index (κ3) is 2.89. The number of piperidine rings is 1. The van der Waals surface area contributed by atoms with E-state index >= 15 is 0 Å². The van der Waals surface area contributed by atoms with Gasteiger partial charge in [-0.2, -0.15) is 0 Å². The Morgan fingerprint density at radius 3 is 2.84 bits per heavy atom. The van der Waals surface area contributed by atoms with Crippen molar-refractivity contribution in [2.45, 2.75) is 19.8 Å². The van der Waals surface area contributed by atoms with Gasteiger partial charge < -0.3 is 10.0 Å². The van der Waals surface area contributed by atoms with Crippen molar-refractivity contribution in [2.75, 3.05) is 13.1 Å². The number of halogens is 1. The first-order valence-electron chi connectivity index (χ1n) is 6.28. The molecule has 0 unspecified atom stereocenters. The number of carbonyl (C=O) groups is 2. The van der Waals surface area contributed by atoms with Gasteiger partial charge in [-0.15, -0.1) is 0 Å². The van der Waals surface area contributed by atoms with Gasteiger partial charge in [0.1, 0.15) is 0 Å². The minimum Gasteiger partial charge on any atom is -0.481 e. The molecule has 1 fully saturated rings. The fourth-order valence-corrected chi connectivity index (χ4v) is 2.55.